The third-order valence-electron chi connectivity index (χ3n) is 2.06. The first-order valence-electron chi connectivity index (χ1n) is 3.83. The van der Waals surface area contributed by atoms with Gasteiger partial charge in [0.1, 0.15) is 11.5 Å². The standard InChI is InChI=1S/C9H9ClO2/c10-4-6-5-12-9-3-7(11)1-2-8(6)9/h1-3,6,11H,4-5H2. The Morgan fingerprint density at radius 2 is 2.42 bits per heavy atom. The van der Waals surface area contributed by atoms with Gasteiger partial charge in [-0.1, -0.05) is 6.07 Å². The number of hydrogen-bond acceptors (Lipinski definition) is 2. The molecule has 0 bridgehead atoms. The number of alkyl halides is 1. The topological polar surface area (TPSA) is 29.5 Å². The summed E-state index contributed by atoms with van der Waals surface area (Å²) < 4.78 is 5.34. The summed E-state index contributed by atoms with van der Waals surface area (Å²) in [7, 11) is 0. The lowest BCUT2D eigenvalue weighted by atomic mass is 10.0. The van der Waals surface area contributed by atoms with Crippen molar-refractivity contribution in [1.29, 1.82) is 0 Å². The van der Waals surface area contributed by atoms with Crippen LogP contribution < -0.4 is 4.74 Å². The predicted octanol–water partition coefficient (Wildman–Crippen LogP) is 2.11. The second-order valence-electron chi connectivity index (χ2n) is 2.88. The van der Waals surface area contributed by atoms with Gasteiger partial charge in [0.05, 0.1) is 6.61 Å². The monoisotopic (exact) mass is 184 g/mol. The van der Waals surface area contributed by atoms with Crippen LogP contribution in [0.2, 0.25) is 0 Å². The molecule has 1 aliphatic heterocycles. The summed E-state index contributed by atoms with van der Waals surface area (Å²) in [5.74, 6) is 1.85. The molecule has 0 amide bonds. The molecule has 1 N–H and O–H groups in total. The summed E-state index contributed by atoms with van der Waals surface area (Å²) >= 11 is 5.73. The molecule has 2 rings (SSSR count). The largest absolute Gasteiger partial charge is 0.508 e. The molecule has 0 aromatic heterocycles. The second-order valence-corrected chi connectivity index (χ2v) is 3.19. The number of rotatable bonds is 1. The fourth-order valence-corrected chi connectivity index (χ4v) is 1.65. The molecule has 1 unspecified atom stereocenters. The number of ether oxygens (including phenoxy) is 1. The van der Waals surface area contributed by atoms with E-state index in [4.69, 9.17) is 21.4 Å². The van der Waals surface area contributed by atoms with Crippen LogP contribution in [0.4, 0.5) is 0 Å². The molecule has 1 aliphatic rings. The summed E-state index contributed by atoms with van der Waals surface area (Å²) in [5, 5.41) is 9.14. The molecule has 1 heterocycles. The van der Waals surface area contributed by atoms with E-state index in [-0.39, 0.29) is 11.7 Å². The van der Waals surface area contributed by atoms with E-state index in [2.05, 4.69) is 0 Å². The van der Waals surface area contributed by atoms with Crippen LogP contribution in [0.5, 0.6) is 11.5 Å². The lowest BCUT2D eigenvalue weighted by Gasteiger charge is -2.01. The fraction of sp³-hybridized carbons (Fsp3) is 0.333. The fourth-order valence-electron chi connectivity index (χ4n) is 1.39. The Labute approximate surface area is 75.7 Å². The van der Waals surface area contributed by atoms with Crippen molar-refractivity contribution < 1.29 is 9.84 Å². The van der Waals surface area contributed by atoms with Gasteiger partial charge in [-0.3, -0.25) is 0 Å². The van der Waals surface area contributed by atoms with Crippen molar-refractivity contribution >= 4 is 11.6 Å². The number of phenolic OH excluding ortho intramolecular Hbond substituents is 1. The molecule has 0 fully saturated rings. The molecule has 0 radical (unpaired) electrons. The van der Waals surface area contributed by atoms with Crippen molar-refractivity contribution in [3.05, 3.63) is 23.8 Å². The molecule has 0 spiro atoms. The van der Waals surface area contributed by atoms with Crippen molar-refractivity contribution in [3.8, 4) is 11.5 Å². The Bertz CT molecular complexity index is 299. The van der Waals surface area contributed by atoms with E-state index in [9.17, 15) is 0 Å². The summed E-state index contributed by atoms with van der Waals surface area (Å²) in [4.78, 5) is 0. The highest BCUT2D eigenvalue weighted by Gasteiger charge is 2.23. The number of hydrogen-bond donors (Lipinski definition) is 1. The minimum Gasteiger partial charge on any atom is -0.508 e. The van der Waals surface area contributed by atoms with E-state index < -0.39 is 0 Å². The van der Waals surface area contributed by atoms with Gasteiger partial charge >= 0.3 is 0 Å². The first-order valence-corrected chi connectivity index (χ1v) is 4.36. The van der Waals surface area contributed by atoms with Gasteiger partial charge in [0.15, 0.2) is 0 Å². The van der Waals surface area contributed by atoms with E-state index in [1.54, 1.807) is 12.1 Å². The first-order chi connectivity index (χ1) is 5.81. The van der Waals surface area contributed by atoms with Crippen LogP contribution in [-0.4, -0.2) is 17.6 Å². The zero-order valence-electron chi connectivity index (χ0n) is 6.46. The van der Waals surface area contributed by atoms with E-state index in [1.165, 1.54) is 0 Å². The highest BCUT2D eigenvalue weighted by molar-refractivity contribution is 6.18. The molecule has 2 nitrogen and oxygen atoms in total. The smallest absolute Gasteiger partial charge is 0.126 e. The highest BCUT2D eigenvalue weighted by Crippen LogP contribution is 2.36. The molecular weight excluding hydrogens is 176 g/mol. The SMILES string of the molecule is Oc1ccc2c(c1)OCC2CCl. The molecule has 12 heavy (non-hydrogen) atoms. The molecule has 3 heteroatoms. The summed E-state index contributed by atoms with van der Waals surface area (Å²) in [6.07, 6.45) is 0. The van der Waals surface area contributed by atoms with E-state index in [0.29, 0.717) is 12.5 Å². The quantitative estimate of drug-likeness (QED) is 0.678. The number of halogens is 1. The van der Waals surface area contributed by atoms with Crippen LogP contribution in [0.15, 0.2) is 18.2 Å². The number of benzene rings is 1. The van der Waals surface area contributed by atoms with Crippen LogP contribution in [0.3, 0.4) is 0 Å². The zero-order valence-corrected chi connectivity index (χ0v) is 7.21. The minimum atomic E-state index is 0.240. The van der Waals surface area contributed by atoms with Crippen molar-refractivity contribution in [2.45, 2.75) is 5.92 Å². The average Bonchev–Trinajstić information content (AvgIpc) is 2.46. The van der Waals surface area contributed by atoms with Crippen molar-refractivity contribution in [2.75, 3.05) is 12.5 Å². The van der Waals surface area contributed by atoms with E-state index in [1.807, 2.05) is 6.07 Å². The first kappa shape index (κ1) is 7.74. The Hall–Kier alpha value is -0.890. The van der Waals surface area contributed by atoms with Gasteiger partial charge in [-0.05, 0) is 6.07 Å². The van der Waals surface area contributed by atoms with Crippen LogP contribution in [-0.2, 0) is 0 Å². The number of fused-ring (bicyclic) bond motifs is 1. The molecule has 0 saturated carbocycles. The van der Waals surface area contributed by atoms with Gasteiger partial charge < -0.3 is 9.84 Å². The van der Waals surface area contributed by atoms with Crippen LogP contribution in [0.1, 0.15) is 11.5 Å². The third kappa shape index (κ3) is 1.12. The molecule has 0 saturated heterocycles. The van der Waals surface area contributed by atoms with Gasteiger partial charge in [0.2, 0.25) is 0 Å². The summed E-state index contributed by atoms with van der Waals surface area (Å²) in [5.41, 5.74) is 1.10. The van der Waals surface area contributed by atoms with Gasteiger partial charge in [-0.15, -0.1) is 11.6 Å². The van der Waals surface area contributed by atoms with E-state index >= 15 is 0 Å². The van der Waals surface area contributed by atoms with Crippen LogP contribution in [0, 0.1) is 0 Å². The average molecular weight is 185 g/mol. The van der Waals surface area contributed by atoms with Crippen LogP contribution in [0.25, 0.3) is 0 Å². The Balaban J connectivity index is 2.40. The minimum absolute atomic E-state index is 0.240. The van der Waals surface area contributed by atoms with Crippen molar-refractivity contribution in [2.24, 2.45) is 0 Å². The Kier molecular flexibility index (Phi) is 1.85. The highest BCUT2D eigenvalue weighted by atomic mass is 35.5. The summed E-state index contributed by atoms with van der Waals surface area (Å²) in [6, 6.07) is 5.15. The second kappa shape index (κ2) is 2.87. The lowest BCUT2D eigenvalue weighted by molar-refractivity contribution is 0.336. The zero-order chi connectivity index (χ0) is 8.55. The maximum atomic E-state index is 9.14. The Morgan fingerprint density at radius 3 is 3.17 bits per heavy atom. The molecule has 64 valence electrons. The van der Waals surface area contributed by atoms with Crippen molar-refractivity contribution in [3.63, 3.8) is 0 Å². The van der Waals surface area contributed by atoms with Gasteiger partial charge in [0.25, 0.3) is 0 Å². The number of phenols is 1. The normalized spacial score (nSPS) is 20.2. The van der Waals surface area contributed by atoms with Crippen LogP contribution >= 0.6 is 11.6 Å². The van der Waals surface area contributed by atoms with Crippen molar-refractivity contribution in [1.82, 2.24) is 0 Å². The predicted molar refractivity (Wildman–Crippen MR) is 47.1 cm³/mol. The molecule has 1 aromatic rings. The maximum Gasteiger partial charge on any atom is 0.126 e. The maximum absolute atomic E-state index is 9.14. The van der Waals surface area contributed by atoms with Gasteiger partial charge in [-0.25, -0.2) is 0 Å². The summed E-state index contributed by atoms with van der Waals surface area (Å²) in [6.45, 7) is 0.627. The van der Waals surface area contributed by atoms with Gasteiger partial charge in [0, 0.05) is 23.4 Å². The van der Waals surface area contributed by atoms with E-state index in [0.717, 1.165) is 11.3 Å². The van der Waals surface area contributed by atoms with Gasteiger partial charge in [-0.2, -0.15) is 0 Å². The molecular formula is C9H9ClO2. The molecule has 1 aromatic carbocycles. The number of aromatic hydroxyl groups is 1. The molecule has 0 aliphatic carbocycles. The third-order valence-corrected chi connectivity index (χ3v) is 2.44. The Morgan fingerprint density at radius 1 is 1.58 bits per heavy atom. The molecule has 1 atom stereocenters. The lowest BCUT2D eigenvalue weighted by Crippen LogP contribution is -2.00.